The molecule has 0 atom stereocenters. The van der Waals surface area contributed by atoms with Gasteiger partial charge in [-0.1, -0.05) is 18.2 Å². The van der Waals surface area contributed by atoms with Crippen LogP contribution in [0.25, 0.3) is 10.9 Å². The van der Waals surface area contributed by atoms with Crippen LogP contribution >= 0.6 is 0 Å². The molecule has 0 radical (unpaired) electrons. The number of benzene rings is 1. The van der Waals surface area contributed by atoms with E-state index >= 15 is 0 Å². The maximum Gasteiger partial charge on any atom is 0.315 e. The molecule has 0 spiro atoms. The Balaban J connectivity index is 1.54. The molecule has 4 rings (SSSR count). The Morgan fingerprint density at radius 3 is 2.81 bits per heavy atom. The molecule has 0 bridgehead atoms. The second-order valence-corrected chi connectivity index (χ2v) is 6.55. The van der Waals surface area contributed by atoms with Gasteiger partial charge in [0.2, 0.25) is 0 Å². The fraction of sp³-hybridized carbons (Fsp3) is 0.471. The summed E-state index contributed by atoms with van der Waals surface area (Å²) in [6, 6.07) is 8.92. The predicted molar refractivity (Wildman–Crippen MR) is 83.4 cm³/mol. The van der Waals surface area contributed by atoms with Gasteiger partial charge in [-0.25, -0.2) is 4.79 Å². The van der Waals surface area contributed by atoms with E-state index in [1.807, 2.05) is 0 Å². The second-order valence-electron chi connectivity index (χ2n) is 6.55. The maximum atomic E-state index is 11.8. The van der Waals surface area contributed by atoms with Gasteiger partial charge in [0.05, 0.1) is 0 Å². The molecular weight excluding hydrogens is 262 g/mol. The van der Waals surface area contributed by atoms with Gasteiger partial charge >= 0.3 is 6.03 Å². The zero-order valence-corrected chi connectivity index (χ0v) is 12.4. The van der Waals surface area contributed by atoms with Crippen LogP contribution in [0.5, 0.6) is 0 Å². The molecular formula is C17H21N3O. The van der Waals surface area contributed by atoms with Crippen molar-refractivity contribution in [3.05, 3.63) is 36.0 Å². The van der Waals surface area contributed by atoms with Crippen LogP contribution in [-0.2, 0) is 12.5 Å². The average molecular weight is 283 g/mol. The second kappa shape index (κ2) is 4.52. The van der Waals surface area contributed by atoms with Crippen molar-refractivity contribution < 1.29 is 4.79 Å². The van der Waals surface area contributed by atoms with Crippen molar-refractivity contribution in [1.29, 1.82) is 0 Å². The quantitative estimate of drug-likeness (QED) is 0.890. The van der Waals surface area contributed by atoms with Crippen molar-refractivity contribution in [3.8, 4) is 0 Å². The molecule has 1 aromatic carbocycles. The summed E-state index contributed by atoms with van der Waals surface area (Å²) in [5, 5.41) is 7.38. The Morgan fingerprint density at radius 2 is 2.10 bits per heavy atom. The van der Waals surface area contributed by atoms with Crippen molar-refractivity contribution in [1.82, 2.24) is 15.2 Å². The highest BCUT2D eigenvalue weighted by Gasteiger charge is 2.46. The largest absolute Gasteiger partial charge is 0.350 e. The predicted octanol–water partition coefficient (Wildman–Crippen LogP) is 2.67. The summed E-state index contributed by atoms with van der Waals surface area (Å²) in [6.45, 7) is 0.736. The normalized spacial score (nSPS) is 19.5. The monoisotopic (exact) mass is 283 g/mol. The first-order chi connectivity index (χ1) is 10.2. The van der Waals surface area contributed by atoms with Gasteiger partial charge in [0.15, 0.2) is 0 Å². The van der Waals surface area contributed by atoms with E-state index in [9.17, 15) is 4.79 Å². The first-order valence-electron chi connectivity index (χ1n) is 7.77. The van der Waals surface area contributed by atoms with Crippen LogP contribution < -0.4 is 10.6 Å². The molecule has 2 aliphatic rings. The van der Waals surface area contributed by atoms with Gasteiger partial charge in [-0.2, -0.15) is 0 Å². The molecule has 1 aromatic heterocycles. The van der Waals surface area contributed by atoms with Crippen molar-refractivity contribution in [2.45, 2.75) is 37.1 Å². The summed E-state index contributed by atoms with van der Waals surface area (Å²) in [7, 11) is 2.09. The zero-order chi connectivity index (χ0) is 14.4. The first-order valence-corrected chi connectivity index (χ1v) is 7.77. The molecule has 2 N–H and O–H groups in total. The van der Waals surface area contributed by atoms with Crippen molar-refractivity contribution >= 4 is 16.9 Å². The highest BCUT2D eigenvalue weighted by Crippen LogP contribution is 2.50. The molecule has 2 saturated carbocycles. The van der Waals surface area contributed by atoms with Crippen molar-refractivity contribution in [2.75, 3.05) is 6.54 Å². The number of carbonyl (C=O) groups excluding carboxylic acids is 1. The molecule has 110 valence electrons. The summed E-state index contributed by atoms with van der Waals surface area (Å²) in [5.74, 6) is 0. The SMILES string of the molecule is Cn1cc(C2(CNC(=O)NC3CC3)CC2)c2ccccc21. The third-order valence-corrected chi connectivity index (χ3v) is 4.82. The molecule has 0 aliphatic heterocycles. The molecule has 21 heavy (non-hydrogen) atoms. The third kappa shape index (κ3) is 2.28. The minimum absolute atomic E-state index is 0.0102. The molecule has 0 saturated heterocycles. The Bertz CT molecular complexity index is 695. The number of nitrogens with zero attached hydrogens (tertiary/aromatic N) is 1. The number of nitrogens with one attached hydrogen (secondary N) is 2. The summed E-state index contributed by atoms with van der Waals surface area (Å²) in [5.41, 5.74) is 2.79. The van der Waals surface area contributed by atoms with Gasteiger partial charge in [0.1, 0.15) is 0 Å². The Hall–Kier alpha value is -1.97. The van der Waals surface area contributed by atoms with Crippen LogP contribution in [-0.4, -0.2) is 23.2 Å². The van der Waals surface area contributed by atoms with E-state index in [-0.39, 0.29) is 11.4 Å². The molecule has 2 fully saturated rings. The van der Waals surface area contributed by atoms with Gasteiger partial charge < -0.3 is 15.2 Å². The lowest BCUT2D eigenvalue weighted by Crippen LogP contribution is -2.40. The van der Waals surface area contributed by atoms with E-state index in [0.29, 0.717) is 6.04 Å². The first kappa shape index (κ1) is 12.7. The van der Waals surface area contributed by atoms with Crippen LogP contribution in [0.3, 0.4) is 0 Å². The molecule has 0 unspecified atom stereocenters. The Labute approximate surface area is 124 Å². The van der Waals surface area contributed by atoms with Gasteiger partial charge in [0.25, 0.3) is 0 Å². The van der Waals surface area contributed by atoms with E-state index in [1.54, 1.807) is 0 Å². The molecule has 2 aliphatic carbocycles. The minimum atomic E-state index is -0.0102. The van der Waals surface area contributed by atoms with E-state index in [1.165, 1.54) is 16.5 Å². The summed E-state index contributed by atoms with van der Waals surface area (Å²) in [6.07, 6.45) is 6.80. The standard InChI is InChI=1S/C17H21N3O/c1-20-10-14(13-4-2-3-5-15(13)20)17(8-9-17)11-18-16(21)19-12-6-7-12/h2-5,10,12H,6-9,11H2,1H3,(H2,18,19,21). The summed E-state index contributed by atoms with van der Waals surface area (Å²) < 4.78 is 2.19. The van der Waals surface area contributed by atoms with E-state index in [0.717, 1.165) is 32.2 Å². The number of hydrogen-bond acceptors (Lipinski definition) is 1. The number of hydrogen-bond donors (Lipinski definition) is 2. The Kier molecular flexibility index (Phi) is 2.74. The zero-order valence-electron chi connectivity index (χ0n) is 12.4. The van der Waals surface area contributed by atoms with Crippen LogP contribution in [0.1, 0.15) is 31.2 Å². The molecule has 4 nitrogen and oxygen atoms in total. The lowest BCUT2D eigenvalue weighted by Gasteiger charge is -2.16. The number of rotatable bonds is 4. The lowest BCUT2D eigenvalue weighted by atomic mass is 9.95. The number of para-hydroxylation sites is 1. The minimum Gasteiger partial charge on any atom is -0.350 e. The smallest absolute Gasteiger partial charge is 0.315 e. The van der Waals surface area contributed by atoms with Gasteiger partial charge in [-0.15, -0.1) is 0 Å². The topological polar surface area (TPSA) is 46.1 Å². The maximum absolute atomic E-state index is 11.8. The highest BCUT2D eigenvalue weighted by molar-refractivity contribution is 5.85. The van der Waals surface area contributed by atoms with E-state index < -0.39 is 0 Å². The fourth-order valence-corrected chi connectivity index (χ4v) is 3.17. The van der Waals surface area contributed by atoms with Gasteiger partial charge in [-0.05, 0) is 37.3 Å². The third-order valence-electron chi connectivity index (χ3n) is 4.82. The molecule has 1 heterocycles. The van der Waals surface area contributed by atoms with E-state index in [2.05, 4.69) is 52.7 Å². The van der Waals surface area contributed by atoms with Crippen LogP contribution in [0.2, 0.25) is 0 Å². The lowest BCUT2D eigenvalue weighted by molar-refractivity contribution is 0.239. The van der Waals surface area contributed by atoms with Crippen molar-refractivity contribution in [3.63, 3.8) is 0 Å². The van der Waals surface area contributed by atoms with Gasteiger partial charge in [-0.3, -0.25) is 0 Å². The number of urea groups is 1. The number of aryl methyl sites for hydroxylation is 1. The average Bonchev–Trinajstić information content (AvgIpc) is 3.40. The highest BCUT2D eigenvalue weighted by atomic mass is 16.2. The number of fused-ring (bicyclic) bond motifs is 1. The van der Waals surface area contributed by atoms with E-state index in [4.69, 9.17) is 0 Å². The molecule has 2 amide bonds. The van der Waals surface area contributed by atoms with Crippen LogP contribution in [0, 0.1) is 0 Å². The van der Waals surface area contributed by atoms with Gasteiger partial charge in [0, 0.05) is 42.1 Å². The van der Waals surface area contributed by atoms with Crippen molar-refractivity contribution in [2.24, 2.45) is 7.05 Å². The number of aromatic nitrogens is 1. The fourth-order valence-electron chi connectivity index (χ4n) is 3.17. The number of amides is 2. The molecule has 2 aromatic rings. The molecule has 4 heteroatoms. The Morgan fingerprint density at radius 1 is 1.33 bits per heavy atom. The van der Waals surface area contributed by atoms with Crippen LogP contribution in [0.4, 0.5) is 4.79 Å². The number of carbonyl (C=O) groups is 1. The summed E-state index contributed by atoms with van der Waals surface area (Å²) in [4.78, 5) is 11.8. The summed E-state index contributed by atoms with van der Waals surface area (Å²) >= 11 is 0. The van der Waals surface area contributed by atoms with Crippen LogP contribution in [0.15, 0.2) is 30.5 Å².